The van der Waals surface area contributed by atoms with E-state index in [1.807, 2.05) is 13.8 Å². The molecule has 42 heavy (non-hydrogen) atoms. The highest BCUT2D eigenvalue weighted by Crippen LogP contribution is 2.41. The van der Waals surface area contributed by atoms with Crippen LogP contribution in [-0.2, 0) is 30.2 Å². The second-order valence-corrected chi connectivity index (χ2v) is 12.4. The number of esters is 1. The summed E-state index contributed by atoms with van der Waals surface area (Å²) in [7, 11) is 2.87. The highest BCUT2D eigenvalue weighted by atomic mass is 16.6. The van der Waals surface area contributed by atoms with Crippen molar-refractivity contribution in [2.24, 2.45) is 11.3 Å². The van der Waals surface area contributed by atoms with Crippen molar-refractivity contribution >= 4 is 11.9 Å². The number of ether oxygens (including phenoxy) is 4. The molecule has 5 N–H and O–H groups in total. The molecule has 0 bridgehead atoms. The molecule has 1 aromatic carbocycles. The first-order valence-corrected chi connectivity index (χ1v) is 14.4. The number of hydrogen-bond donors (Lipinski definition) is 5. The minimum Gasteiger partial charge on any atom is -0.508 e. The van der Waals surface area contributed by atoms with Crippen molar-refractivity contribution < 1.29 is 49.0 Å². The molecule has 1 aromatic rings. The number of phenols is 2. The number of aromatic hydroxyl groups is 2. The van der Waals surface area contributed by atoms with Gasteiger partial charge in [0.2, 0.25) is 0 Å². The van der Waals surface area contributed by atoms with E-state index >= 15 is 0 Å². The van der Waals surface area contributed by atoms with Crippen LogP contribution < -0.4 is 5.32 Å². The number of benzene rings is 1. The number of fused-ring (bicyclic) bond motifs is 1. The summed E-state index contributed by atoms with van der Waals surface area (Å²) in [5, 5.41) is 45.0. The molecule has 0 aromatic heterocycles. The van der Waals surface area contributed by atoms with Gasteiger partial charge in [-0.05, 0) is 49.7 Å². The molecule has 8 atom stereocenters. The summed E-state index contributed by atoms with van der Waals surface area (Å²) in [6.45, 7) is 13.1. The second-order valence-electron chi connectivity index (χ2n) is 12.4. The lowest BCUT2D eigenvalue weighted by atomic mass is 9.75. The van der Waals surface area contributed by atoms with Crippen molar-refractivity contribution in [1.29, 1.82) is 0 Å². The Morgan fingerprint density at radius 3 is 2.45 bits per heavy atom. The lowest BCUT2D eigenvalue weighted by Gasteiger charge is -2.45. The second kappa shape index (κ2) is 13.7. The molecule has 0 unspecified atom stereocenters. The topological polar surface area (TPSA) is 164 Å². The maximum Gasteiger partial charge on any atom is 0.342 e. The SMILES string of the molecule is C=C(C)C[C@H](OC)[C@H](O)C(=O)N[C@H](OC)[C@@H]1CCC(C)(C)[C@@H](C[C@H](O)[C@@H](C)[C@H]2Cc3c(C)c(O)cc(O)c3C(=O)O2)O1. The summed E-state index contributed by atoms with van der Waals surface area (Å²) in [5.41, 5.74) is 1.48. The molecule has 0 spiro atoms. The van der Waals surface area contributed by atoms with E-state index < -0.39 is 60.6 Å². The fourth-order valence-corrected chi connectivity index (χ4v) is 5.80. The molecule has 11 heteroatoms. The van der Waals surface area contributed by atoms with Crippen molar-refractivity contribution in [2.45, 2.75) is 110 Å². The van der Waals surface area contributed by atoms with Crippen LogP contribution in [-0.4, -0.2) is 89.4 Å². The highest BCUT2D eigenvalue weighted by molar-refractivity contribution is 5.96. The molecule has 0 radical (unpaired) electrons. The average Bonchev–Trinajstić information content (AvgIpc) is 2.92. The van der Waals surface area contributed by atoms with Gasteiger partial charge >= 0.3 is 5.97 Å². The lowest BCUT2D eigenvalue weighted by molar-refractivity contribution is -0.183. The number of nitrogens with one attached hydrogen (secondary N) is 1. The molecule has 2 aliphatic rings. The molecule has 1 fully saturated rings. The van der Waals surface area contributed by atoms with E-state index in [1.165, 1.54) is 14.2 Å². The Labute approximate surface area is 247 Å². The number of hydrogen-bond acceptors (Lipinski definition) is 10. The largest absolute Gasteiger partial charge is 0.508 e. The third-order valence-corrected chi connectivity index (χ3v) is 8.82. The Morgan fingerprint density at radius 2 is 1.86 bits per heavy atom. The summed E-state index contributed by atoms with van der Waals surface area (Å²) in [4.78, 5) is 25.6. The van der Waals surface area contributed by atoms with E-state index in [0.29, 0.717) is 24.0 Å². The molecule has 1 saturated heterocycles. The summed E-state index contributed by atoms with van der Waals surface area (Å²) < 4.78 is 22.9. The van der Waals surface area contributed by atoms with Crippen molar-refractivity contribution in [3.05, 3.63) is 34.9 Å². The Bertz CT molecular complexity index is 1150. The first kappa shape index (κ1) is 33.8. The summed E-state index contributed by atoms with van der Waals surface area (Å²) in [6, 6.07) is 1.13. The molecule has 2 aliphatic heterocycles. The normalized spacial score (nSPS) is 25.4. The van der Waals surface area contributed by atoms with Crippen LogP contribution in [0.3, 0.4) is 0 Å². The predicted octanol–water partition coefficient (Wildman–Crippen LogP) is 2.88. The van der Waals surface area contributed by atoms with Gasteiger partial charge in [-0.1, -0.05) is 26.3 Å². The van der Waals surface area contributed by atoms with Gasteiger partial charge in [-0.3, -0.25) is 4.79 Å². The number of methoxy groups -OCH3 is 2. The minimum atomic E-state index is -1.43. The fraction of sp³-hybridized carbons (Fsp3) is 0.677. The van der Waals surface area contributed by atoms with Gasteiger partial charge in [0.15, 0.2) is 12.3 Å². The summed E-state index contributed by atoms with van der Waals surface area (Å²) in [6.07, 6.45) is -3.51. The number of carbonyl (C=O) groups excluding carboxylic acids is 2. The molecule has 2 heterocycles. The zero-order valence-electron chi connectivity index (χ0n) is 25.7. The molecule has 0 saturated carbocycles. The van der Waals surface area contributed by atoms with Crippen LogP contribution in [0.4, 0.5) is 0 Å². The molecule has 0 aliphatic carbocycles. The minimum absolute atomic E-state index is 0.0389. The average molecular weight is 594 g/mol. The molecule has 11 nitrogen and oxygen atoms in total. The van der Waals surface area contributed by atoms with Gasteiger partial charge in [0.25, 0.3) is 5.91 Å². The fourth-order valence-electron chi connectivity index (χ4n) is 5.80. The van der Waals surface area contributed by atoms with Gasteiger partial charge < -0.3 is 44.7 Å². The predicted molar refractivity (Wildman–Crippen MR) is 154 cm³/mol. The van der Waals surface area contributed by atoms with Crippen LogP contribution in [0.25, 0.3) is 0 Å². The Balaban J connectivity index is 1.69. The number of rotatable bonds is 12. The van der Waals surface area contributed by atoms with E-state index in [1.54, 1.807) is 20.8 Å². The van der Waals surface area contributed by atoms with Crippen molar-refractivity contribution in [2.75, 3.05) is 14.2 Å². The molecule has 236 valence electrons. The monoisotopic (exact) mass is 593 g/mol. The number of cyclic esters (lactones) is 1. The third kappa shape index (κ3) is 7.44. The van der Waals surface area contributed by atoms with Crippen molar-refractivity contribution in [3.8, 4) is 11.5 Å². The zero-order chi connectivity index (χ0) is 31.5. The van der Waals surface area contributed by atoms with E-state index in [0.717, 1.165) is 18.1 Å². The van der Waals surface area contributed by atoms with Crippen molar-refractivity contribution in [1.82, 2.24) is 5.32 Å². The number of aliphatic hydroxyl groups is 2. The zero-order valence-corrected chi connectivity index (χ0v) is 25.7. The molecular weight excluding hydrogens is 546 g/mol. The van der Waals surface area contributed by atoms with Gasteiger partial charge in [-0.2, -0.15) is 0 Å². The smallest absolute Gasteiger partial charge is 0.342 e. The van der Waals surface area contributed by atoms with E-state index in [9.17, 15) is 30.0 Å². The Hall–Kier alpha value is -2.70. The standard InChI is InChI=1S/C31H47NO10/c1-15(2)11-24(39-7)27(36)28(37)32-29(40-8)22-9-10-31(5,6)25(41-22)14-20(34)17(4)23-12-18-16(3)19(33)13-21(35)26(18)30(38)42-23/h13,17,20,22-25,27,29,33-36H,1,9-12,14H2,2-8H3,(H,32,37)/t17-,20+,22+,23-,24+,25-,27+,29-/m1/s1. The maximum atomic E-state index is 12.8. The van der Waals surface area contributed by atoms with Crippen LogP contribution in [0.2, 0.25) is 0 Å². The van der Waals surface area contributed by atoms with Gasteiger partial charge in [0, 0.05) is 39.0 Å². The van der Waals surface area contributed by atoms with Gasteiger partial charge in [-0.25, -0.2) is 4.79 Å². The molecule has 1 amide bonds. The number of amides is 1. The van der Waals surface area contributed by atoms with E-state index in [-0.39, 0.29) is 35.3 Å². The first-order chi connectivity index (χ1) is 19.6. The van der Waals surface area contributed by atoms with Crippen LogP contribution in [0.1, 0.15) is 74.9 Å². The van der Waals surface area contributed by atoms with Crippen LogP contribution in [0.15, 0.2) is 18.2 Å². The van der Waals surface area contributed by atoms with Crippen LogP contribution in [0, 0.1) is 18.3 Å². The molecular formula is C31H47NO10. The molecule has 3 rings (SSSR count). The highest BCUT2D eigenvalue weighted by Gasteiger charge is 2.44. The van der Waals surface area contributed by atoms with Gasteiger partial charge in [-0.15, -0.1) is 6.58 Å². The Morgan fingerprint density at radius 1 is 1.19 bits per heavy atom. The Kier molecular flexibility index (Phi) is 11.0. The summed E-state index contributed by atoms with van der Waals surface area (Å²) in [5.74, 6) is -2.29. The summed E-state index contributed by atoms with van der Waals surface area (Å²) >= 11 is 0. The van der Waals surface area contributed by atoms with Crippen LogP contribution >= 0.6 is 0 Å². The number of carbonyl (C=O) groups is 2. The third-order valence-electron chi connectivity index (χ3n) is 8.82. The van der Waals surface area contributed by atoms with Crippen LogP contribution in [0.5, 0.6) is 11.5 Å². The van der Waals surface area contributed by atoms with E-state index in [4.69, 9.17) is 18.9 Å². The quantitative estimate of drug-likeness (QED) is 0.138. The van der Waals surface area contributed by atoms with Crippen molar-refractivity contribution in [3.63, 3.8) is 0 Å². The number of aliphatic hydroxyl groups excluding tert-OH is 2. The lowest BCUT2D eigenvalue weighted by Crippen LogP contribution is -2.55. The first-order valence-electron chi connectivity index (χ1n) is 14.4. The maximum absolute atomic E-state index is 12.8. The van der Waals surface area contributed by atoms with Gasteiger partial charge in [0.1, 0.15) is 29.3 Å². The van der Waals surface area contributed by atoms with Gasteiger partial charge in [0.05, 0.1) is 18.3 Å². The number of phenolic OH excluding ortho intramolecular Hbond substituents is 2. The van der Waals surface area contributed by atoms with E-state index in [2.05, 4.69) is 11.9 Å².